The van der Waals surface area contributed by atoms with E-state index in [0.29, 0.717) is 87.9 Å². The van der Waals surface area contributed by atoms with E-state index in [2.05, 4.69) is 22.8 Å². The summed E-state index contributed by atoms with van der Waals surface area (Å²) in [5.41, 5.74) is 5.80. The lowest BCUT2D eigenvalue weighted by Gasteiger charge is -2.41. The maximum absolute atomic E-state index is 13.0. The minimum absolute atomic E-state index is 0.0102. The van der Waals surface area contributed by atoms with E-state index in [9.17, 15) is 28.8 Å². The molecular formula is C52H62N6O8. The number of ether oxygens (including phenoxy) is 2. The number of carbonyl (C=O) groups excluding carboxylic acids is 6. The summed E-state index contributed by atoms with van der Waals surface area (Å²) >= 11 is 0. The number of aryl methyl sites for hydroxylation is 2. The molecule has 4 aliphatic heterocycles. The van der Waals surface area contributed by atoms with Crippen molar-refractivity contribution in [2.45, 2.75) is 90.1 Å². The fourth-order valence-electron chi connectivity index (χ4n) is 9.17. The molecule has 2 N–H and O–H groups in total. The second-order valence-corrected chi connectivity index (χ2v) is 17.3. The van der Waals surface area contributed by atoms with Gasteiger partial charge in [0.2, 0.25) is 23.6 Å². The zero-order chi connectivity index (χ0) is 46.4. The topological polar surface area (TPSA) is 158 Å². The van der Waals surface area contributed by atoms with Gasteiger partial charge in [0.25, 0.3) is 11.8 Å². The number of benzene rings is 4. The molecule has 0 saturated carbocycles. The Labute approximate surface area is 387 Å². The van der Waals surface area contributed by atoms with Gasteiger partial charge in [-0.2, -0.15) is 0 Å². The second kappa shape index (κ2) is 23.0. The highest BCUT2D eigenvalue weighted by molar-refractivity contribution is 5.98. The molecule has 14 heteroatoms. The summed E-state index contributed by atoms with van der Waals surface area (Å²) in [6.07, 6.45) is 7.27. The molecule has 8 rings (SSSR count). The van der Waals surface area contributed by atoms with Crippen molar-refractivity contribution in [1.29, 1.82) is 0 Å². The first-order valence-corrected chi connectivity index (χ1v) is 23.4. The molecule has 14 nitrogen and oxygen atoms in total. The molecule has 0 radical (unpaired) electrons. The number of fused-ring (bicyclic) bond motifs is 2. The number of hydrogen-bond donors (Lipinski definition) is 2. The Balaban J connectivity index is 0.000000196. The molecule has 348 valence electrons. The minimum atomic E-state index is -0.0470. The molecule has 0 bridgehead atoms. The van der Waals surface area contributed by atoms with E-state index in [-0.39, 0.29) is 47.5 Å². The van der Waals surface area contributed by atoms with Crippen molar-refractivity contribution in [2.75, 3.05) is 62.3 Å². The highest BCUT2D eigenvalue weighted by atomic mass is 16.5. The van der Waals surface area contributed by atoms with Crippen LogP contribution < -0.4 is 29.9 Å². The number of carbonyl (C=O) groups is 6. The molecule has 4 aliphatic rings. The van der Waals surface area contributed by atoms with E-state index < -0.39 is 0 Å². The standard InChI is InChI=1S/2C26H31N3O4/c2*1-19(30)27-15-4-18-33-23-10-7-21(8-11-23)26(32)28-16-13-22(14-17-28)29-24-6-3-2-5-20(24)9-12-25(29)31/h2*2-3,5-8,10-11,22H,4,9,12-18H2,1H3,(H,27,30). The SMILES string of the molecule is CC(=O)NCCCOc1ccc(C(=O)N2CCC(N3C(=O)CCc4ccccc43)CC2)cc1.CC(=O)NCCCOc1ccc(C(=O)N2CCC(N3C(=O)CCc4ccccc43)CC2)cc1. The predicted molar refractivity (Wildman–Crippen MR) is 253 cm³/mol. The quantitative estimate of drug-likeness (QED) is 0.139. The molecule has 0 aliphatic carbocycles. The van der Waals surface area contributed by atoms with Crippen LogP contribution in [0.1, 0.15) is 97.1 Å². The lowest BCUT2D eigenvalue weighted by atomic mass is 9.95. The van der Waals surface area contributed by atoms with Gasteiger partial charge >= 0.3 is 0 Å². The van der Waals surface area contributed by atoms with Gasteiger partial charge in [-0.25, -0.2) is 0 Å². The van der Waals surface area contributed by atoms with Gasteiger partial charge in [0.15, 0.2) is 0 Å². The summed E-state index contributed by atoms with van der Waals surface area (Å²) in [5.74, 6) is 1.71. The highest BCUT2D eigenvalue weighted by Gasteiger charge is 2.35. The van der Waals surface area contributed by atoms with Gasteiger partial charge in [-0.1, -0.05) is 36.4 Å². The number of piperidine rings is 2. The first-order chi connectivity index (χ1) is 32.0. The summed E-state index contributed by atoms with van der Waals surface area (Å²) in [5, 5.41) is 5.47. The first kappa shape index (κ1) is 47.3. The molecule has 4 heterocycles. The van der Waals surface area contributed by atoms with Crippen LogP contribution in [0.15, 0.2) is 97.1 Å². The van der Waals surface area contributed by atoms with E-state index in [1.54, 1.807) is 24.3 Å². The van der Waals surface area contributed by atoms with Gasteiger partial charge in [-0.15, -0.1) is 0 Å². The maximum Gasteiger partial charge on any atom is 0.253 e. The summed E-state index contributed by atoms with van der Waals surface area (Å²) in [6.45, 7) is 7.68. The number of nitrogens with zero attached hydrogens (tertiary/aromatic N) is 4. The monoisotopic (exact) mass is 898 g/mol. The number of anilines is 2. The summed E-state index contributed by atoms with van der Waals surface area (Å²) in [6, 6.07) is 31.0. The van der Waals surface area contributed by atoms with Crippen molar-refractivity contribution in [3.05, 3.63) is 119 Å². The maximum atomic E-state index is 13.0. The van der Waals surface area contributed by atoms with Crippen LogP contribution in [0.2, 0.25) is 0 Å². The Bertz CT molecular complexity index is 2160. The minimum Gasteiger partial charge on any atom is -0.494 e. The van der Waals surface area contributed by atoms with Gasteiger partial charge in [-0.3, -0.25) is 28.8 Å². The number of nitrogens with one attached hydrogen (secondary N) is 2. The van der Waals surface area contributed by atoms with Crippen LogP contribution in [0.5, 0.6) is 11.5 Å². The second-order valence-electron chi connectivity index (χ2n) is 17.3. The number of likely N-dealkylation sites (tertiary alicyclic amines) is 2. The van der Waals surface area contributed by atoms with Gasteiger partial charge in [-0.05, 0) is 123 Å². The number of amides is 6. The molecule has 0 aromatic heterocycles. The number of para-hydroxylation sites is 2. The van der Waals surface area contributed by atoms with Crippen molar-refractivity contribution >= 4 is 46.8 Å². The van der Waals surface area contributed by atoms with E-state index in [4.69, 9.17) is 9.47 Å². The van der Waals surface area contributed by atoms with E-state index in [1.807, 2.05) is 80.3 Å². The Morgan fingerprint density at radius 1 is 0.515 bits per heavy atom. The molecule has 2 fully saturated rings. The number of hydrogen-bond acceptors (Lipinski definition) is 8. The van der Waals surface area contributed by atoms with Crippen LogP contribution in [-0.4, -0.2) is 110 Å². The molecule has 66 heavy (non-hydrogen) atoms. The third-order valence-corrected chi connectivity index (χ3v) is 12.6. The Morgan fingerprint density at radius 3 is 1.24 bits per heavy atom. The van der Waals surface area contributed by atoms with Crippen LogP contribution in [0.3, 0.4) is 0 Å². The average molecular weight is 899 g/mol. The lowest BCUT2D eigenvalue weighted by molar-refractivity contribution is -0.120. The molecule has 6 amide bonds. The summed E-state index contributed by atoms with van der Waals surface area (Å²) in [7, 11) is 0. The molecule has 4 aromatic rings. The van der Waals surface area contributed by atoms with Crippen molar-refractivity contribution in [3.63, 3.8) is 0 Å². The van der Waals surface area contributed by atoms with Gasteiger partial charge in [0, 0.05) is 101 Å². The molecule has 0 unspecified atom stereocenters. The van der Waals surface area contributed by atoms with Gasteiger partial charge in [0.05, 0.1) is 13.2 Å². The van der Waals surface area contributed by atoms with Crippen LogP contribution >= 0.6 is 0 Å². The van der Waals surface area contributed by atoms with E-state index in [0.717, 1.165) is 62.7 Å². The molecule has 4 aromatic carbocycles. The summed E-state index contributed by atoms with van der Waals surface area (Å²) in [4.78, 5) is 80.8. The largest absolute Gasteiger partial charge is 0.494 e. The average Bonchev–Trinajstić information content (AvgIpc) is 3.34. The molecule has 0 spiro atoms. The predicted octanol–water partition coefficient (Wildman–Crippen LogP) is 6.35. The van der Waals surface area contributed by atoms with Crippen molar-refractivity contribution in [1.82, 2.24) is 20.4 Å². The normalized spacial score (nSPS) is 16.3. The first-order valence-electron chi connectivity index (χ1n) is 23.4. The third kappa shape index (κ3) is 12.3. The van der Waals surface area contributed by atoms with Gasteiger partial charge in [0.1, 0.15) is 11.5 Å². The molecule has 0 atom stereocenters. The zero-order valence-electron chi connectivity index (χ0n) is 38.2. The van der Waals surface area contributed by atoms with Crippen LogP contribution in [-0.2, 0) is 32.0 Å². The van der Waals surface area contributed by atoms with Crippen molar-refractivity contribution in [2.24, 2.45) is 0 Å². The highest BCUT2D eigenvalue weighted by Crippen LogP contribution is 2.34. The van der Waals surface area contributed by atoms with Crippen LogP contribution in [0, 0.1) is 0 Å². The van der Waals surface area contributed by atoms with Crippen molar-refractivity contribution < 1.29 is 38.2 Å². The molecular weight excluding hydrogens is 837 g/mol. The van der Waals surface area contributed by atoms with Gasteiger partial charge < -0.3 is 39.7 Å². The Hall–Kier alpha value is -6.70. The van der Waals surface area contributed by atoms with E-state index >= 15 is 0 Å². The number of rotatable bonds is 14. The van der Waals surface area contributed by atoms with Crippen LogP contribution in [0.25, 0.3) is 0 Å². The fraction of sp³-hybridized carbons (Fsp3) is 0.423. The van der Waals surface area contributed by atoms with Crippen LogP contribution in [0.4, 0.5) is 11.4 Å². The fourth-order valence-corrected chi connectivity index (χ4v) is 9.17. The van der Waals surface area contributed by atoms with Crippen molar-refractivity contribution in [3.8, 4) is 11.5 Å². The van der Waals surface area contributed by atoms with E-state index in [1.165, 1.54) is 25.0 Å². The smallest absolute Gasteiger partial charge is 0.253 e. The molecule has 2 saturated heterocycles. The Kier molecular flexibility index (Phi) is 16.4. The zero-order valence-corrected chi connectivity index (χ0v) is 38.2. The lowest BCUT2D eigenvalue weighted by Crippen LogP contribution is -2.50. The Morgan fingerprint density at radius 2 is 0.879 bits per heavy atom. The third-order valence-electron chi connectivity index (χ3n) is 12.6. The summed E-state index contributed by atoms with van der Waals surface area (Å²) < 4.78 is 11.3.